The van der Waals surface area contributed by atoms with Crippen LogP contribution in [0.1, 0.15) is 12.5 Å². The maximum atomic E-state index is 15.9. The molecule has 0 radical (unpaired) electrons. The number of nitrogens with zero attached hydrogens (tertiary/aromatic N) is 5. The molecule has 10 atom stereocenters. The van der Waals surface area contributed by atoms with E-state index < -0.39 is 88.3 Å². The summed E-state index contributed by atoms with van der Waals surface area (Å²) >= 11 is 0.187. The van der Waals surface area contributed by atoms with Gasteiger partial charge in [0.1, 0.15) is 47.9 Å². The number of alkyl halides is 2. The van der Waals surface area contributed by atoms with Crippen LogP contribution in [0.2, 0.25) is 0 Å². The van der Waals surface area contributed by atoms with Crippen LogP contribution in [-0.4, -0.2) is 91.0 Å². The summed E-state index contributed by atoms with van der Waals surface area (Å²) in [5, 5.41) is 0. The predicted molar refractivity (Wildman–Crippen MR) is 142 cm³/mol. The number of halogens is 2. The summed E-state index contributed by atoms with van der Waals surface area (Å²) < 4.78 is 97.6. The molecule has 240 valence electrons. The monoisotopic (exact) mass is 685 g/mol. The second-order valence-electron chi connectivity index (χ2n) is 9.51. The first-order valence-corrected chi connectivity index (χ1v) is 16.9. The molecule has 3 aliphatic rings. The number of anilines is 1. The average Bonchev–Trinajstić information content (AvgIpc) is 3.61. The van der Waals surface area contributed by atoms with Gasteiger partial charge < -0.3 is 24.3 Å². The zero-order valence-corrected chi connectivity index (χ0v) is 24.8. The molecule has 4 N–H and O–H groups in total. The Morgan fingerprint density at radius 3 is 2.39 bits per heavy atom. The lowest BCUT2D eigenvalue weighted by molar-refractivity contribution is -0.0620. The third kappa shape index (κ3) is 5.87. The Morgan fingerprint density at radius 2 is 1.70 bits per heavy atom. The van der Waals surface area contributed by atoms with Gasteiger partial charge in [0.15, 0.2) is 36.3 Å². The van der Waals surface area contributed by atoms with Crippen molar-refractivity contribution in [2.24, 2.45) is 0 Å². The first-order chi connectivity index (χ1) is 20.9. The molecule has 0 aliphatic carbocycles. The van der Waals surface area contributed by atoms with Crippen LogP contribution in [0.25, 0.3) is 11.2 Å². The highest BCUT2D eigenvalue weighted by Gasteiger charge is 2.55. The van der Waals surface area contributed by atoms with E-state index in [-0.39, 0.29) is 28.6 Å². The second-order valence-corrected chi connectivity index (χ2v) is 14.5. The van der Waals surface area contributed by atoms with Crippen LogP contribution in [0.3, 0.4) is 0 Å². The van der Waals surface area contributed by atoms with Gasteiger partial charge in [-0.3, -0.25) is 37.0 Å². The summed E-state index contributed by atoms with van der Waals surface area (Å²) in [6.45, 7) is -6.21. The van der Waals surface area contributed by atoms with E-state index in [1.54, 1.807) is 0 Å². The number of nitrogens with two attached hydrogens (primary N) is 1. The molecule has 3 fully saturated rings. The van der Waals surface area contributed by atoms with E-state index in [2.05, 4.69) is 15.0 Å². The third-order valence-corrected chi connectivity index (χ3v) is 10.6. The normalized spacial score (nSPS) is 38.1. The lowest BCUT2D eigenvalue weighted by atomic mass is 10.1. The number of hydrogen-bond acceptors (Lipinski definition) is 16. The van der Waals surface area contributed by atoms with Crippen molar-refractivity contribution < 1.29 is 54.6 Å². The molecule has 44 heavy (non-hydrogen) atoms. The molecule has 19 nitrogen and oxygen atoms in total. The number of phosphoric acid groups is 1. The van der Waals surface area contributed by atoms with Gasteiger partial charge in [-0.15, -0.1) is 0 Å². The van der Waals surface area contributed by atoms with Crippen LogP contribution < -0.4 is 17.0 Å². The number of aromatic nitrogens is 6. The average molecular weight is 685 g/mol. The van der Waals surface area contributed by atoms with Crippen LogP contribution in [0.15, 0.2) is 34.5 Å². The number of phosphoric ester groups is 1. The van der Waals surface area contributed by atoms with Crippen molar-refractivity contribution in [3.05, 3.63) is 45.8 Å². The van der Waals surface area contributed by atoms with E-state index in [1.165, 1.54) is 0 Å². The summed E-state index contributed by atoms with van der Waals surface area (Å²) in [4.78, 5) is 48.1. The first-order valence-electron chi connectivity index (χ1n) is 12.5. The lowest BCUT2D eigenvalue weighted by Crippen LogP contribution is -2.38. The highest BCUT2D eigenvalue weighted by atomic mass is 32.7. The smallest absolute Gasteiger partial charge is 0.382 e. The molecule has 0 bridgehead atoms. The van der Waals surface area contributed by atoms with Crippen molar-refractivity contribution in [1.29, 1.82) is 0 Å². The molecule has 0 saturated carbocycles. The summed E-state index contributed by atoms with van der Waals surface area (Å²) in [7, 11) is -4.02. The number of aromatic amines is 1. The van der Waals surface area contributed by atoms with E-state index >= 15 is 8.78 Å². The van der Waals surface area contributed by atoms with Crippen molar-refractivity contribution in [2.75, 3.05) is 26.1 Å². The van der Waals surface area contributed by atoms with Gasteiger partial charge in [-0.05, 0) is 0 Å². The van der Waals surface area contributed by atoms with E-state index in [1.807, 2.05) is 4.98 Å². The van der Waals surface area contributed by atoms with Crippen LogP contribution in [0, 0.1) is 0 Å². The molecule has 0 aromatic carbocycles. The summed E-state index contributed by atoms with van der Waals surface area (Å²) in [6, 6.07) is 0.929. The molecule has 3 aromatic heterocycles. The SMILES string of the molecule is COSP1(=O)OC[C@H]2O[C@@H](n3cnc4c(N)ncnc43)[C@H](F)[C@@H]2OP(=O)(O)OC[C@H]2O[C@@H](n3ccc(=O)[nH]c3=O)[C@H](F)[C@@H]2O1. The van der Waals surface area contributed by atoms with Crippen molar-refractivity contribution in [2.45, 2.75) is 49.2 Å². The number of ether oxygens (including phenoxy) is 2. The standard InChI is InChI=1S/C20H23F2N7O12P2S/c1-35-44-43(34)37-5-9-14(11(21)19(39-9)29-7-26-13-16(23)24-6-25-17(13)29)40-42(32,33)36-4-8-15(41-43)12(22)18(38-8)28-3-2-10(30)27-20(28)31/h2-3,6-9,11-12,14-15,18-19H,4-5H2,1H3,(H,32,33)(H2,23,24,25)(H,27,30,31)/t8-,9-,11-,12-,14-,15-,18-,19-,43?/m1/s1. The minimum atomic E-state index is -5.15. The van der Waals surface area contributed by atoms with Crippen LogP contribution in [0.4, 0.5) is 14.6 Å². The lowest BCUT2D eigenvalue weighted by Gasteiger charge is -2.28. The fourth-order valence-electron chi connectivity index (χ4n) is 4.87. The first kappa shape index (κ1) is 31.4. The molecule has 3 aromatic rings. The Morgan fingerprint density at radius 1 is 1.05 bits per heavy atom. The molecule has 3 saturated heterocycles. The van der Waals surface area contributed by atoms with Crippen LogP contribution >= 0.6 is 26.3 Å². The fraction of sp³-hybridized carbons (Fsp3) is 0.550. The fourth-order valence-corrected chi connectivity index (χ4v) is 8.29. The van der Waals surface area contributed by atoms with Gasteiger partial charge in [0.05, 0.1) is 26.7 Å². The van der Waals surface area contributed by atoms with Crippen LogP contribution in [-0.2, 0) is 40.9 Å². The van der Waals surface area contributed by atoms with Gasteiger partial charge in [0.25, 0.3) is 5.56 Å². The predicted octanol–water partition coefficient (Wildman–Crippen LogP) is 0.750. The van der Waals surface area contributed by atoms with Crippen LogP contribution in [0.5, 0.6) is 0 Å². The Balaban J connectivity index is 1.31. The zero-order valence-electron chi connectivity index (χ0n) is 22.2. The molecular formula is C20H23F2N7O12P2S. The minimum Gasteiger partial charge on any atom is -0.382 e. The molecule has 2 unspecified atom stereocenters. The Hall–Kier alpha value is -2.62. The number of nitrogens with one attached hydrogen (secondary N) is 1. The van der Waals surface area contributed by atoms with E-state index in [9.17, 15) is 23.6 Å². The highest BCUT2D eigenvalue weighted by molar-refractivity contribution is 8.52. The van der Waals surface area contributed by atoms with Gasteiger partial charge in [-0.25, -0.2) is 37.7 Å². The third-order valence-electron chi connectivity index (χ3n) is 6.79. The number of rotatable bonds is 4. The van der Waals surface area contributed by atoms with Gasteiger partial charge in [0.2, 0.25) is 0 Å². The van der Waals surface area contributed by atoms with Crippen molar-refractivity contribution in [3.63, 3.8) is 0 Å². The zero-order chi connectivity index (χ0) is 31.4. The number of nitrogen functional groups attached to an aromatic ring is 1. The largest absolute Gasteiger partial charge is 0.472 e. The Labute approximate surface area is 248 Å². The molecule has 6 heterocycles. The van der Waals surface area contributed by atoms with Crippen molar-refractivity contribution in [3.8, 4) is 0 Å². The summed E-state index contributed by atoms with van der Waals surface area (Å²) in [6.07, 6.45) is -11.3. The van der Waals surface area contributed by atoms with Gasteiger partial charge in [-0.1, -0.05) is 0 Å². The van der Waals surface area contributed by atoms with E-state index in [0.29, 0.717) is 4.57 Å². The van der Waals surface area contributed by atoms with Crippen molar-refractivity contribution in [1.82, 2.24) is 29.1 Å². The maximum absolute atomic E-state index is 15.9. The Bertz CT molecular complexity index is 1760. The highest BCUT2D eigenvalue weighted by Crippen LogP contribution is 2.64. The summed E-state index contributed by atoms with van der Waals surface area (Å²) in [5.74, 6) is 0.00256. The molecule has 6 rings (SSSR count). The molecule has 0 spiro atoms. The van der Waals surface area contributed by atoms with Crippen molar-refractivity contribution >= 4 is 43.3 Å². The van der Waals surface area contributed by atoms with Gasteiger partial charge >= 0.3 is 20.3 Å². The topological polar surface area (TPSA) is 243 Å². The maximum Gasteiger partial charge on any atom is 0.472 e. The molecule has 24 heteroatoms. The number of H-pyrrole nitrogens is 1. The number of fused-ring (bicyclic) bond motifs is 3. The quantitative estimate of drug-likeness (QED) is 0.253. The molecule has 0 amide bonds. The number of imidazole rings is 1. The van der Waals surface area contributed by atoms with Gasteiger partial charge in [0, 0.05) is 12.3 Å². The van der Waals surface area contributed by atoms with Gasteiger partial charge in [-0.2, -0.15) is 0 Å². The van der Waals surface area contributed by atoms with E-state index in [0.717, 1.165) is 36.6 Å². The molecular weight excluding hydrogens is 662 g/mol. The second kappa shape index (κ2) is 12.0. The number of hydrogen-bond donors (Lipinski definition) is 3. The summed E-state index contributed by atoms with van der Waals surface area (Å²) in [5.41, 5.74) is 4.20. The minimum absolute atomic E-state index is 0.00256. The molecule has 3 aliphatic heterocycles. The Kier molecular flexibility index (Phi) is 8.52. The van der Waals surface area contributed by atoms with E-state index in [4.69, 9.17) is 37.5 Å².